The summed E-state index contributed by atoms with van der Waals surface area (Å²) in [6.07, 6.45) is 6.77. The Hall–Kier alpha value is -1.38. The van der Waals surface area contributed by atoms with Crippen LogP contribution in [0.25, 0.3) is 0 Å². The number of aromatic nitrogens is 1. The Morgan fingerprint density at radius 2 is 2.19 bits per heavy atom. The molecule has 1 atom stereocenters. The van der Waals surface area contributed by atoms with Crippen LogP contribution in [0.4, 0.5) is 0 Å². The van der Waals surface area contributed by atoms with E-state index in [4.69, 9.17) is 0 Å². The molecular formula is C13H17NO2. The standard InChI is InChI=1S/C13H17NO2/c15-13(16)12(10-5-1-2-6-10)9-11-7-3-4-8-14-11/h3-4,7-8,10,12H,1-2,5-6,9H2,(H,15,16). The van der Waals surface area contributed by atoms with Crippen LogP contribution in [0.2, 0.25) is 0 Å². The number of carboxylic acid groups (broad SMARTS) is 1. The third-order valence-corrected chi connectivity index (χ3v) is 3.44. The van der Waals surface area contributed by atoms with Crippen molar-refractivity contribution in [3.05, 3.63) is 30.1 Å². The first kappa shape index (κ1) is 11.1. The maximum Gasteiger partial charge on any atom is 0.307 e. The lowest BCUT2D eigenvalue weighted by Crippen LogP contribution is -2.24. The molecule has 1 aromatic heterocycles. The molecule has 16 heavy (non-hydrogen) atoms. The predicted octanol–water partition coefficient (Wildman–Crippen LogP) is 2.52. The largest absolute Gasteiger partial charge is 0.481 e. The first-order valence-electron chi connectivity index (χ1n) is 5.90. The highest BCUT2D eigenvalue weighted by Gasteiger charge is 2.30. The van der Waals surface area contributed by atoms with Crippen LogP contribution >= 0.6 is 0 Å². The lowest BCUT2D eigenvalue weighted by atomic mass is 9.87. The van der Waals surface area contributed by atoms with Crippen LogP contribution in [0.1, 0.15) is 31.4 Å². The van der Waals surface area contributed by atoms with E-state index in [-0.39, 0.29) is 5.92 Å². The minimum Gasteiger partial charge on any atom is -0.481 e. The molecule has 0 bridgehead atoms. The molecule has 0 amide bonds. The van der Waals surface area contributed by atoms with Gasteiger partial charge in [-0.2, -0.15) is 0 Å². The summed E-state index contributed by atoms with van der Waals surface area (Å²) in [5.74, 6) is -0.575. The second-order valence-electron chi connectivity index (χ2n) is 4.51. The van der Waals surface area contributed by atoms with Crippen molar-refractivity contribution in [1.29, 1.82) is 0 Å². The summed E-state index contributed by atoms with van der Waals surface area (Å²) in [5.41, 5.74) is 0.891. The van der Waals surface area contributed by atoms with Gasteiger partial charge in [-0.25, -0.2) is 0 Å². The highest BCUT2D eigenvalue weighted by molar-refractivity contribution is 5.70. The van der Waals surface area contributed by atoms with Gasteiger partial charge in [0, 0.05) is 18.3 Å². The molecule has 1 unspecified atom stereocenters. The number of pyridine rings is 1. The number of carbonyl (C=O) groups is 1. The van der Waals surface area contributed by atoms with Gasteiger partial charge in [0.15, 0.2) is 0 Å². The summed E-state index contributed by atoms with van der Waals surface area (Å²) in [6.45, 7) is 0. The van der Waals surface area contributed by atoms with Crippen LogP contribution in [0.5, 0.6) is 0 Å². The quantitative estimate of drug-likeness (QED) is 0.846. The van der Waals surface area contributed by atoms with Crippen molar-refractivity contribution in [2.75, 3.05) is 0 Å². The van der Waals surface area contributed by atoms with Crippen LogP contribution in [0.15, 0.2) is 24.4 Å². The van der Waals surface area contributed by atoms with Crippen molar-refractivity contribution in [1.82, 2.24) is 4.98 Å². The highest BCUT2D eigenvalue weighted by atomic mass is 16.4. The summed E-state index contributed by atoms with van der Waals surface area (Å²) in [4.78, 5) is 15.5. The summed E-state index contributed by atoms with van der Waals surface area (Å²) in [5, 5.41) is 9.27. The van der Waals surface area contributed by atoms with E-state index in [0.29, 0.717) is 12.3 Å². The van der Waals surface area contributed by atoms with Crippen LogP contribution in [-0.2, 0) is 11.2 Å². The van der Waals surface area contributed by atoms with Gasteiger partial charge in [0.1, 0.15) is 0 Å². The van der Waals surface area contributed by atoms with Crippen molar-refractivity contribution >= 4 is 5.97 Å². The molecule has 3 heteroatoms. The van der Waals surface area contributed by atoms with Crippen molar-refractivity contribution in [3.8, 4) is 0 Å². The Kier molecular flexibility index (Phi) is 3.54. The molecule has 0 saturated heterocycles. The van der Waals surface area contributed by atoms with Crippen molar-refractivity contribution < 1.29 is 9.90 Å². The van der Waals surface area contributed by atoms with Gasteiger partial charge in [-0.3, -0.25) is 9.78 Å². The Morgan fingerprint density at radius 1 is 1.44 bits per heavy atom. The average molecular weight is 219 g/mol. The Labute approximate surface area is 95.5 Å². The first-order chi connectivity index (χ1) is 7.77. The van der Waals surface area contributed by atoms with Gasteiger partial charge in [-0.1, -0.05) is 18.9 Å². The summed E-state index contributed by atoms with van der Waals surface area (Å²) < 4.78 is 0. The fraction of sp³-hybridized carbons (Fsp3) is 0.538. The van der Waals surface area contributed by atoms with E-state index in [1.165, 1.54) is 12.8 Å². The van der Waals surface area contributed by atoms with Crippen molar-refractivity contribution in [2.45, 2.75) is 32.1 Å². The summed E-state index contributed by atoms with van der Waals surface area (Å²) in [7, 11) is 0. The van der Waals surface area contributed by atoms with Gasteiger partial charge in [-0.05, 0) is 30.9 Å². The van der Waals surface area contributed by atoms with E-state index >= 15 is 0 Å². The Bertz CT molecular complexity index is 344. The molecule has 0 aliphatic heterocycles. The van der Waals surface area contributed by atoms with Crippen molar-refractivity contribution in [2.24, 2.45) is 11.8 Å². The molecule has 1 fully saturated rings. The molecule has 86 valence electrons. The topological polar surface area (TPSA) is 50.2 Å². The van der Waals surface area contributed by atoms with Gasteiger partial charge in [0.05, 0.1) is 5.92 Å². The maximum atomic E-state index is 11.3. The van der Waals surface area contributed by atoms with Crippen LogP contribution in [0.3, 0.4) is 0 Å². The smallest absolute Gasteiger partial charge is 0.307 e. The molecule has 0 spiro atoms. The SMILES string of the molecule is O=C(O)C(Cc1ccccn1)C1CCCC1. The van der Waals surface area contributed by atoms with Gasteiger partial charge in [0.25, 0.3) is 0 Å². The molecule has 2 rings (SSSR count). The van der Waals surface area contributed by atoms with E-state index < -0.39 is 5.97 Å². The van der Waals surface area contributed by atoms with E-state index in [1.54, 1.807) is 6.20 Å². The van der Waals surface area contributed by atoms with Gasteiger partial charge >= 0.3 is 5.97 Å². The van der Waals surface area contributed by atoms with E-state index in [9.17, 15) is 9.90 Å². The maximum absolute atomic E-state index is 11.3. The third-order valence-electron chi connectivity index (χ3n) is 3.44. The highest BCUT2D eigenvalue weighted by Crippen LogP contribution is 2.33. The molecule has 3 nitrogen and oxygen atoms in total. The first-order valence-corrected chi connectivity index (χ1v) is 5.90. The number of rotatable bonds is 4. The fourth-order valence-corrected chi connectivity index (χ4v) is 2.56. The lowest BCUT2D eigenvalue weighted by molar-refractivity contribution is -0.143. The molecule has 1 heterocycles. The fourth-order valence-electron chi connectivity index (χ4n) is 2.56. The normalized spacial score (nSPS) is 18.5. The molecule has 1 aliphatic carbocycles. The van der Waals surface area contributed by atoms with Crippen LogP contribution in [-0.4, -0.2) is 16.1 Å². The zero-order valence-electron chi connectivity index (χ0n) is 9.30. The number of nitrogens with zero attached hydrogens (tertiary/aromatic N) is 1. The molecular weight excluding hydrogens is 202 g/mol. The molecule has 0 aromatic carbocycles. The van der Waals surface area contributed by atoms with Gasteiger partial charge < -0.3 is 5.11 Å². The molecule has 1 aromatic rings. The second kappa shape index (κ2) is 5.10. The summed E-state index contributed by atoms with van der Waals surface area (Å²) in [6, 6.07) is 5.68. The molecule has 0 radical (unpaired) electrons. The zero-order chi connectivity index (χ0) is 11.4. The average Bonchev–Trinajstić information content (AvgIpc) is 2.80. The number of aliphatic carboxylic acids is 1. The minimum atomic E-state index is -0.669. The second-order valence-corrected chi connectivity index (χ2v) is 4.51. The van der Waals surface area contributed by atoms with E-state index in [1.807, 2.05) is 18.2 Å². The van der Waals surface area contributed by atoms with Crippen LogP contribution < -0.4 is 0 Å². The molecule has 1 aliphatic rings. The number of carboxylic acids is 1. The predicted molar refractivity (Wildman–Crippen MR) is 61.0 cm³/mol. The van der Waals surface area contributed by atoms with E-state index in [2.05, 4.69) is 4.98 Å². The third kappa shape index (κ3) is 2.60. The Morgan fingerprint density at radius 3 is 2.75 bits per heavy atom. The molecule has 1 N–H and O–H groups in total. The molecule has 1 saturated carbocycles. The van der Waals surface area contributed by atoms with Gasteiger partial charge in [-0.15, -0.1) is 0 Å². The van der Waals surface area contributed by atoms with Gasteiger partial charge in [0.2, 0.25) is 0 Å². The van der Waals surface area contributed by atoms with E-state index in [0.717, 1.165) is 18.5 Å². The zero-order valence-corrected chi connectivity index (χ0v) is 9.30. The number of hydrogen-bond donors (Lipinski definition) is 1. The lowest BCUT2D eigenvalue weighted by Gasteiger charge is -2.18. The minimum absolute atomic E-state index is 0.252. The summed E-state index contributed by atoms with van der Waals surface area (Å²) >= 11 is 0. The van der Waals surface area contributed by atoms with Crippen molar-refractivity contribution in [3.63, 3.8) is 0 Å². The Balaban J connectivity index is 2.05. The number of hydrogen-bond acceptors (Lipinski definition) is 2. The van der Waals surface area contributed by atoms with Crippen LogP contribution in [0, 0.1) is 11.8 Å². The monoisotopic (exact) mass is 219 g/mol.